The van der Waals surface area contributed by atoms with Crippen molar-refractivity contribution in [3.8, 4) is 0 Å². The smallest absolute Gasteiger partial charge is 0.242 e. The molecule has 0 spiro atoms. The van der Waals surface area contributed by atoms with Crippen molar-refractivity contribution < 1.29 is 9.53 Å². The number of thioether (sulfide) groups is 1. The highest BCUT2D eigenvalue weighted by Gasteiger charge is 2.28. The third-order valence-corrected chi connectivity index (χ3v) is 4.18. The van der Waals surface area contributed by atoms with Gasteiger partial charge in [0.2, 0.25) is 5.91 Å². The molecule has 0 unspecified atom stereocenters. The molecule has 1 fully saturated rings. The largest absolute Gasteiger partial charge is 0.379 e. The van der Waals surface area contributed by atoms with Gasteiger partial charge in [0.05, 0.1) is 13.2 Å². The van der Waals surface area contributed by atoms with Crippen molar-refractivity contribution in [3.05, 3.63) is 30.1 Å². The van der Waals surface area contributed by atoms with E-state index in [1.807, 2.05) is 12.1 Å². The SMILES string of the molecule is CSCCCNC(=O)[C@H](c1cccnc1)N1CCOCC1. The summed E-state index contributed by atoms with van der Waals surface area (Å²) in [5.74, 6) is 1.13. The van der Waals surface area contributed by atoms with E-state index in [-0.39, 0.29) is 11.9 Å². The molecule has 1 aromatic rings. The van der Waals surface area contributed by atoms with Gasteiger partial charge in [-0.15, -0.1) is 0 Å². The molecule has 1 amide bonds. The third-order valence-electron chi connectivity index (χ3n) is 3.48. The van der Waals surface area contributed by atoms with Crippen LogP contribution in [0.4, 0.5) is 0 Å². The van der Waals surface area contributed by atoms with Crippen molar-refractivity contribution in [3.63, 3.8) is 0 Å². The van der Waals surface area contributed by atoms with Crippen molar-refractivity contribution in [2.45, 2.75) is 12.5 Å². The topological polar surface area (TPSA) is 54.5 Å². The van der Waals surface area contributed by atoms with Crippen LogP contribution >= 0.6 is 11.8 Å². The van der Waals surface area contributed by atoms with E-state index in [1.54, 1.807) is 24.2 Å². The molecule has 21 heavy (non-hydrogen) atoms. The van der Waals surface area contributed by atoms with Crippen LogP contribution in [0.5, 0.6) is 0 Å². The van der Waals surface area contributed by atoms with Crippen LogP contribution in [-0.4, -0.2) is 60.6 Å². The molecule has 1 atom stereocenters. The fourth-order valence-electron chi connectivity index (χ4n) is 2.43. The molecule has 5 nitrogen and oxygen atoms in total. The fourth-order valence-corrected chi connectivity index (χ4v) is 2.86. The molecule has 0 bridgehead atoms. The molecule has 6 heteroatoms. The number of hydrogen-bond donors (Lipinski definition) is 1. The number of nitrogens with one attached hydrogen (secondary N) is 1. The second kappa shape index (κ2) is 9.02. The molecule has 1 aromatic heterocycles. The zero-order chi connectivity index (χ0) is 14.9. The second-order valence-electron chi connectivity index (χ2n) is 4.97. The Labute approximate surface area is 130 Å². The minimum atomic E-state index is -0.267. The van der Waals surface area contributed by atoms with Gasteiger partial charge in [-0.3, -0.25) is 14.7 Å². The Morgan fingerprint density at radius 2 is 2.33 bits per heavy atom. The molecule has 0 radical (unpaired) electrons. The van der Waals surface area contributed by atoms with Crippen molar-refractivity contribution in [2.24, 2.45) is 0 Å². The second-order valence-corrected chi connectivity index (χ2v) is 5.96. The number of amides is 1. The van der Waals surface area contributed by atoms with Crippen molar-refractivity contribution in [1.82, 2.24) is 15.2 Å². The molecule has 0 aromatic carbocycles. The number of hydrogen-bond acceptors (Lipinski definition) is 5. The predicted octanol–water partition coefficient (Wildman–Crippen LogP) is 1.32. The maximum atomic E-state index is 12.6. The van der Waals surface area contributed by atoms with Gasteiger partial charge in [-0.05, 0) is 30.1 Å². The molecule has 0 saturated carbocycles. The van der Waals surface area contributed by atoms with Crippen molar-refractivity contribution >= 4 is 17.7 Å². The summed E-state index contributed by atoms with van der Waals surface area (Å²) in [6, 6.07) is 3.58. The van der Waals surface area contributed by atoms with E-state index in [2.05, 4.69) is 21.5 Å². The van der Waals surface area contributed by atoms with Gasteiger partial charge in [0.15, 0.2) is 0 Å². The molecular weight excluding hydrogens is 286 g/mol. The van der Waals surface area contributed by atoms with Gasteiger partial charge in [0.25, 0.3) is 0 Å². The summed E-state index contributed by atoms with van der Waals surface area (Å²) in [5.41, 5.74) is 0.946. The van der Waals surface area contributed by atoms with E-state index in [4.69, 9.17) is 4.74 Å². The number of nitrogens with zero attached hydrogens (tertiary/aromatic N) is 2. The van der Waals surface area contributed by atoms with Crippen LogP contribution in [0.2, 0.25) is 0 Å². The summed E-state index contributed by atoms with van der Waals surface area (Å²) in [4.78, 5) is 18.9. The molecule has 0 aliphatic carbocycles. The van der Waals surface area contributed by atoms with Crippen LogP contribution in [0.1, 0.15) is 18.0 Å². The lowest BCUT2D eigenvalue weighted by molar-refractivity contribution is -0.128. The van der Waals surface area contributed by atoms with E-state index < -0.39 is 0 Å². The van der Waals surface area contributed by atoms with Crippen LogP contribution in [0.25, 0.3) is 0 Å². The number of carbonyl (C=O) groups excluding carboxylic acids is 1. The Hall–Kier alpha value is -1.11. The first-order chi connectivity index (χ1) is 10.3. The fraction of sp³-hybridized carbons (Fsp3) is 0.600. The highest BCUT2D eigenvalue weighted by molar-refractivity contribution is 7.98. The Morgan fingerprint density at radius 1 is 1.52 bits per heavy atom. The summed E-state index contributed by atoms with van der Waals surface area (Å²) in [6.45, 7) is 3.63. The van der Waals surface area contributed by atoms with Gasteiger partial charge in [-0.25, -0.2) is 0 Å². The van der Waals surface area contributed by atoms with E-state index >= 15 is 0 Å². The molecule has 2 heterocycles. The Balaban J connectivity index is 2.02. The average molecular weight is 309 g/mol. The highest BCUT2D eigenvalue weighted by Crippen LogP contribution is 2.21. The number of morpholine rings is 1. The van der Waals surface area contributed by atoms with Gasteiger partial charge >= 0.3 is 0 Å². The quantitative estimate of drug-likeness (QED) is 0.770. The number of aromatic nitrogens is 1. The lowest BCUT2D eigenvalue weighted by atomic mass is 10.1. The lowest BCUT2D eigenvalue weighted by Crippen LogP contribution is -2.46. The standard InChI is InChI=1S/C15H23N3O2S/c1-21-11-3-6-17-15(19)14(13-4-2-5-16-12-13)18-7-9-20-10-8-18/h2,4-5,12,14H,3,6-11H2,1H3,(H,17,19)/t14-/m0/s1. The van der Waals surface area contributed by atoms with Gasteiger partial charge in [-0.2, -0.15) is 11.8 Å². The van der Waals surface area contributed by atoms with Crippen LogP contribution in [0.3, 0.4) is 0 Å². The number of ether oxygens (including phenoxy) is 1. The van der Waals surface area contributed by atoms with Crippen molar-refractivity contribution in [1.29, 1.82) is 0 Å². The zero-order valence-electron chi connectivity index (χ0n) is 12.5. The maximum Gasteiger partial charge on any atom is 0.242 e. The van der Waals surface area contributed by atoms with Crippen molar-refractivity contribution in [2.75, 3.05) is 44.9 Å². The molecule has 1 saturated heterocycles. The minimum Gasteiger partial charge on any atom is -0.379 e. The molecule has 1 N–H and O–H groups in total. The Kier molecular flexibility index (Phi) is 6.99. The first kappa shape index (κ1) is 16.3. The average Bonchev–Trinajstić information content (AvgIpc) is 2.54. The summed E-state index contributed by atoms with van der Waals surface area (Å²) in [7, 11) is 0. The monoisotopic (exact) mass is 309 g/mol. The summed E-state index contributed by atoms with van der Waals surface area (Å²) < 4.78 is 5.39. The first-order valence-corrected chi connectivity index (χ1v) is 8.70. The lowest BCUT2D eigenvalue weighted by Gasteiger charge is -2.33. The summed E-state index contributed by atoms with van der Waals surface area (Å²) in [5, 5.41) is 3.05. The molecule has 2 rings (SSSR count). The predicted molar refractivity (Wildman–Crippen MR) is 85.4 cm³/mol. The first-order valence-electron chi connectivity index (χ1n) is 7.31. The highest BCUT2D eigenvalue weighted by atomic mass is 32.2. The van der Waals surface area contributed by atoms with E-state index in [0.29, 0.717) is 13.2 Å². The number of carbonyl (C=O) groups is 1. The van der Waals surface area contributed by atoms with E-state index in [9.17, 15) is 4.79 Å². The van der Waals surface area contributed by atoms with Gasteiger partial charge in [0.1, 0.15) is 6.04 Å². The van der Waals surface area contributed by atoms with Crippen LogP contribution in [0.15, 0.2) is 24.5 Å². The van der Waals surface area contributed by atoms with E-state index in [1.165, 1.54) is 0 Å². The number of pyridine rings is 1. The van der Waals surface area contributed by atoms with Gasteiger partial charge in [0, 0.05) is 32.0 Å². The number of rotatable bonds is 7. The Morgan fingerprint density at radius 3 is 3.00 bits per heavy atom. The summed E-state index contributed by atoms with van der Waals surface area (Å²) in [6.07, 6.45) is 6.58. The van der Waals surface area contributed by atoms with Crippen LogP contribution in [0, 0.1) is 0 Å². The molecular formula is C15H23N3O2S. The Bertz CT molecular complexity index is 424. The van der Waals surface area contributed by atoms with Gasteiger partial charge in [-0.1, -0.05) is 6.07 Å². The molecule has 1 aliphatic heterocycles. The molecule has 1 aliphatic rings. The molecule has 116 valence electrons. The third kappa shape index (κ3) is 4.98. The van der Waals surface area contributed by atoms with Crippen LogP contribution in [-0.2, 0) is 9.53 Å². The summed E-state index contributed by atoms with van der Waals surface area (Å²) >= 11 is 1.80. The zero-order valence-corrected chi connectivity index (χ0v) is 13.3. The normalized spacial score (nSPS) is 17.4. The minimum absolute atomic E-state index is 0.0611. The van der Waals surface area contributed by atoms with E-state index in [0.717, 1.165) is 37.4 Å². The maximum absolute atomic E-state index is 12.6. The van der Waals surface area contributed by atoms with Gasteiger partial charge < -0.3 is 10.1 Å². The van der Waals surface area contributed by atoms with Crippen LogP contribution < -0.4 is 5.32 Å².